The predicted molar refractivity (Wildman–Crippen MR) is 347 cm³/mol. The molecule has 0 aliphatic rings. The number of carbonyl (C=O) groups is 8. The van der Waals surface area contributed by atoms with E-state index in [4.69, 9.17) is 34.4 Å². The number of nitrogens with zero attached hydrogens (tertiary/aromatic N) is 2. The van der Waals surface area contributed by atoms with Crippen LogP contribution in [0.25, 0.3) is 32.7 Å². The van der Waals surface area contributed by atoms with Gasteiger partial charge in [0, 0.05) is 83.7 Å². The van der Waals surface area contributed by atoms with Crippen LogP contribution in [0.5, 0.6) is 0 Å². The van der Waals surface area contributed by atoms with Gasteiger partial charge < -0.3 is 91.7 Å². The fourth-order valence-corrected chi connectivity index (χ4v) is 10.7. The number of guanidine groups is 2. The Bertz CT molecular complexity index is 3450. The van der Waals surface area contributed by atoms with E-state index < -0.39 is 95.7 Å². The van der Waals surface area contributed by atoms with E-state index in [1.165, 1.54) is 0 Å². The summed E-state index contributed by atoms with van der Waals surface area (Å²) in [5, 5.41) is 32.4. The lowest BCUT2D eigenvalue weighted by Crippen LogP contribution is -2.61. The van der Waals surface area contributed by atoms with Gasteiger partial charge >= 0.3 is 5.97 Å². The number of amides is 7. The van der Waals surface area contributed by atoms with E-state index >= 15 is 9.59 Å². The Kier molecular flexibility index (Phi) is 26.5. The number of para-hydroxylation sites is 3. The number of rotatable bonds is 37. The highest BCUT2D eigenvalue weighted by Crippen LogP contribution is 2.23. The molecule has 3 heterocycles. The molecule has 0 aliphatic carbocycles. The Morgan fingerprint density at radius 1 is 0.433 bits per heavy atom. The normalized spacial score (nSPS) is 14.1. The van der Waals surface area contributed by atoms with Crippen molar-refractivity contribution in [1.29, 1.82) is 0 Å². The number of fused-ring (bicyclic) bond motifs is 3. The third kappa shape index (κ3) is 21.1. The zero-order valence-electron chi connectivity index (χ0n) is 51.6. The van der Waals surface area contributed by atoms with Crippen LogP contribution in [0.4, 0.5) is 0 Å². The van der Waals surface area contributed by atoms with Gasteiger partial charge in [0.25, 0.3) is 0 Å². The van der Waals surface area contributed by atoms with Gasteiger partial charge in [-0.3, -0.25) is 43.5 Å². The zero-order valence-corrected chi connectivity index (χ0v) is 51.6. The van der Waals surface area contributed by atoms with Crippen LogP contribution in [0.1, 0.15) is 102 Å². The van der Waals surface area contributed by atoms with Gasteiger partial charge in [-0.05, 0) is 111 Å². The lowest BCUT2D eigenvalue weighted by atomic mass is 9.98. The summed E-state index contributed by atoms with van der Waals surface area (Å²) in [6, 6.07) is 11.9. The Hall–Kier alpha value is -9.50. The number of benzene rings is 3. The number of carboxylic acid groups (broad SMARTS) is 1. The average molecular weight is 1240 g/mol. The van der Waals surface area contributed by atoms with Crippen LogP contribution < -0.4 is 71.6 Å². The van der Waals surface area contributed by atoms with Gasteiger partial charge in [-0.15, -0.1) is 0 Å². The van der Waals surface area contributed by atoms with Gasteiger partial charge in [0.1, 0.15) is 42.3 Å². The van der Waals surface area contributed by atoms with E-state index in [1.54, 1.807) is 18.6 Å². The summed E-state index contributed by atoms with van der Waals surface area (Å²) in [7, 11) is 0. The van der Waals surface area contributed by atoms with E-state index in [2.05, 4.69) is 62.2 Å². The summed E-state index contributed by atoms with van der Waals surface area (Å²) in [6.07, 6.45) is 6.80. The topological polar surface area (TPSA) is 469 Å². The summed E-state index contributed by atoms with van der Waals surface area (Å²) in [6.45, 7) is 8.01. The van der Waals surface area contributed by atoms with Crippen LogP contribution in [-0.2, 0) is 57.6 Å². The SMILES string of the molecule is CC(C)C[C@H](NC(=O)[C@H](Cc1c[nH]c2ccccc12)NC(=O)[C@H](CC(C)C)NC(=O)[C@H](Cc1c[nH]c2ccccc12)NC(=O)[C@H](CCCCN)NC(=O)[C@H](CCCN=C(N)N)NC(=O)[C@@H](N)CCCN=C(N)N)C(=O)N[C@@H](Cc1c[nH]c2ccccc12)C(=O)O. The Morgan fingerprint density at radius 2 is 0.756 bits per heavy atom. The minimum absolute atomic E-state index is 0.0373. The molecule has 23 N–H and O–H groups in total. The number of carbonyl (C=O) groups excluding carboxylic acids is 7. The number of hydrogen-bond acceptors (Lipinski definition) is 12. The van der Waals surface area contributed by atoms with Crippen molar-refractivity contribution >= 4 is 91.9 Å². The maximum Gasteiger partial charge on any atom is 0.326 e. The van der Waals surface area contributed by atoms with E-state index in [9.17, 15) is 33.9 Å². The highest BCUT2D eigenvalue weighted by molar-refractivity contribution is 5.99. The Labute approximate surface area is 522 Å². The van der Waals surface area contributed by atoms with Crippen molar-refractivity contribution < 1.29 is 43.5 Å². The summed E-state index contributed by atoms with van der Waals surface area (Å²) in [5.74, 6) is -7.09. The second-order valence-corrected chi connectivity index (χ2v) is 23.5. The first-order chi connectivity index (χ1) is 43.0. The van der Waals surface area contributed by atoms with Crippen molar-refractivity contribution in [3.63, 3.8) is 0 Å². The quantitative estimate of drug-likeness (QED) is 0.0148. The third-order valence-corrected chi connectivity index (χ3v) is 15.3. The van der Waals surface area contributed by atoms with Gasteiger partial charge in [-0.25, -0.2) is 4.79 Å². The van der Waals surface area contributed by atoms with E-state index in [-0.39, 0.29) is 101 Å². The van der Waals surface area contributed by atoms with Crippen LogP contribution in [0.15, 0.2) is 101 Å². The van der Waals surface area contributed by atoms with E-state index in [0.29, 0.717) is 36.0 Å². The molecular weight excluding hydrogens is 1150 g/mol. The van der Waals surface area contributed by atoms with Crippen LogP contribution in [-0.4, -0.2) is 147 Å². The summed E-state index contributed by atoms with van der Waals surface area (Å²) in [4.78, 5) is 132. The number of nitrogens with one attached hydrogen (secondary N) is 10. The average Bonchev–Trinajstić information content (AvgIpc) is 2.04. The number of hydrogen-bond donors (Lipinski definition) is 17. The summed E-state index contributed by atoms with van der Waals surface area (Å²) in [5.41, 5.74) is 38.4. The molecule has 0 spiro atoms. The highest BCUT2D eigenvalue weighted by Gasteiger charge is 2.36. The minimum atomic E-state index is -1.38. The molecule has 0 bridgehead atoms. The third-order valence-electron chi connectivity index (χ3n) is 15.3. The second-order valence-electron chi connectivity index (χ2n) is 23.5. The predicted octanol–water partition coefficient (Wildman–Crippen LogP) is 1.29. The standard InChI is InChI=1S/C63H90N18O9/c1-35(2)27-49(57(85)80-52(30-38-33-73-45-20-9-6-16-41(38)45)60(88)78-50(28-36(3)4)58(86)81-53(61(89)90)31-39-34-74-46-21-10-7-17-42(39)46)77-59(87)51(29-37-32-72-44-19-8-5-15-40(37)44)79-56(84)47(22-11-12-24-64)76-55(83)48(23-14-26-71-63(68)69)75-54(82)43(65)18-13-25-70-62(66)67/h5-10,15-17,19-21,32-36,43,47-53,72-74H,11-14,18,22-31,64-65H2,1-4H3,(H,75,82)(H,76,83)(H,77,87)(H,78,88)(H,79,84)(H,80,85)(H,81,86)(H,89,90)(H4,66,67,70)(H4,68,69,71)/t43-,47-,48-,49-,50-,51-,52-,53-/m0/s1. The molecule has 0 aliphatic heterocycles. The number of nitrogens with two attached hydrogens (primary N) is 6. The number of aromatic amines is 3. The maximum atomic E-state index is 15.1. The molecule has 0 saturated carbocycles. The molecule has 27 nitrogen and oxygen atoms in total. The monoisotopic (exact) mass is 1240 g/mol. The van der Waals surface area contributed by atoms with Gasteiger partial charge in [-0.2, -0.15) is 0 Å². The molecular formula is C63H90N18O9. The fourth-order valence-electron chi connectivity index (χ4n) is 10.7. The number of unbranched alkanes of at least 4 members (excludes halogenated alkanes) is 1. The first-order valence-corrected chi connectivity index (χ1v) is 30.6. The molecule has 6 rings (SSSR count). The highest BCUT2D eigenvalue weighted by atomic mass is 16.4. The van der Waals surface area contributed by atoms with Crippen LogP contribution in [0.3, 0.4) is 0 Å². The maximum absolute atomic E-state index is 15.1. The summed E-state index contributed by atoms with van der Waals surface area (Å²) < 4.78 is 0. The largest absolute Gasteiger partial charge is 0.480 e. The zero-order chi connectivity index (χ0) is 65.4. The molecule has 0 unspecified atom stereocenters. The second kappa shape index (κ2) is 34.3. The number of aliphatic carboxylic acids is 1. The number of aromatic nitrogens is 3. The first-order valence-electron chi connectivity index (χ1n) is 30.6. The Balaban J connectivity index is 1.28. The molecule has 3 aromatic carbocycles. The van der Waals surface area contributed by atoms with Crippen molar-refractivity contribution in [1.82, 2.24) is 52.2 Å². The molecule has 0 fully saturated rings. The molecule has 486 valence electrons. The lowest BCUT2D eigenvalue weighted by Gasteiger charge is -2.29. The van der Waals surface area contributed by atoms with Crippen molar-refractivity contribution in [2.75, 3.05) is 19.6 Å². The van der Waals surface area contributed by atoms with Gasteiger partial charge in [0.15, 0.2) is 11.9 Å². The molecule has 27 heteroatoms. The van der Waals surface area contributed by atoms with Crippen LogP contribution >= 0.6 is 0 Å². The van der Waals surface area contributed by atoms with Crippen molar-refractivity contribution in [3.05, 3.63) is 108 Å². The Morgan fingerprint density at radius 3 is 1.14 bits per heavy atom. The smallest absolute Gasteiger partial charge is 0.326 e. The first kappa shape index (κ1) is 69.6. The van der Waals surface area contributed by atoms with Crippen molar-refractivity contribution in [2.45, 2.75) is 153 Å². The van der Waals surface area contributed by atoms with Crippen molar-refractivity contribution in [3.8, 4) is 0 Å². The minimum Gasteiger partial charge on any atom is -0.480 e. The van der Waals surface area contributed by atoms with E-state index in [1.807, 2.05) is 100 Å². The molecule has 0 saturated heterocycles. The van der Waals surface area contributed by atoms with Crippen LogP contribution in [0, 0.1) is 11.8 Å². The van der Waals surface area contributed by atoms with Gasteiger partial charge in [-0.1, -0.05) is 82.3 Å². The van der Waals surface area contributed by atoms with E-state index in [0.717, 1.165) is 32.7 Å². The molecule has 7 amide bonds. The fraction of sp³-hybridized carbons (Fsp3) is 0.460. The molecule has 0 radical (unpaired) electrons. The lowest BCUT2D eigenvalue weighted by molar-refractivity contribution is -0.142. The van der Waals surface area contributed by atoms with Gasteiger partial charge in [0.05, 0.1) is 6.04 Å². The number of H-pyrrole nitrogens is 3. The molecule has 90 heavy (non-hydrogen) atoms. The molecule has 3 aromatic heterocycles. The van der Waals surface area contributed by atoms with Gasteiger partial charge in [0.2, 0.25) is 41.4 Å². The van der Waals surface area contributed by atoms with Crippen LogP contribution in [0.2, 0.25) is 0 Å². The molecule has 8 atom stereocenters. The molecule has 6 aromatic rings. The number of carboxylic acids is 1. The summed E-state index contributed by atoms with van der Waals surface area (Å²) >= 11 is 0. The van der Waals surface area contributed by atoms with Crippen molar-refractivity contribution in [2.24, 2.45) is 56.2 Å². The number of aliphatic imine (C=N–C) groups is 2.